The van der Waals surface area contributed by atoms with E-state index in [1.807, 2.05) is 37.1 Å². The molecule has 2 aromatic carbocycles. The summed E-state index contributed by atoms with van der Waals surface area (Å²) in [7, 11) is 0. The average molecular weight is 691 g/mol. The lowest BCUT2D eigenvalue weighted by Gasteiger charge is -2.34. The van der Waals surface area contributed by atoms with Crippen LogP contribution >= 0.6 is 0 Å². The van der Waals surface area contributed by atoms with Crippen LogP contribution in [0.3, 0.4) is 0 Å². The first-order valence-corrected chi connectivity index (χ1v) is 17.2. The van der Waals surface area contributed by atoms with Gasteiger partial charge in [0.2, 0.25) is 11.3 Å². The monoisotopic (exact) mass is 690 g/mol. The third-order valence-corrected chi connectivity index (χ3v) is 10.1. The summed E-state index contributed by atoms with van der Waals surface area (Å²) in [5.74, 6) is -1.51. The molecule has 1 saturated carbocycles. The van der Waals surface area contributed by atoms with E-state index in [4.69, 9.17) is 11.5 Å². The molecule has 13 heteroatoms. The van der Waals surface area contributed by atoms with E-state index in [0.717, 1.165) is 48.6 Å². The fourth-order valence-corrected chi connectivity index (χ4v) is 7.15. The number of carbonyl (C=O) groups is 3. The van der Waals surface area contributed by atoms with Crippen molar-refractivity contribution >= 4 is 40.3 Å². The molecule has 2 aliphatic rings. The van der Waals surface area contributed by atoms with Crippen molar-refractivity contribution in [2.24, 2.45) is 11.7 Å². The molecule has 262 valence electrons. The Kier molecular flexibility index (Phi) is 8.88. The molecule has 1 aliphatic heterocycles. The number of anilines is 2. The van der Waals surface area contributed by atoms with E-state index in [2.05, 4.69) is 19.9 Å². The minimum atomic E-state index is -0.806. The first kappa shape index (κ1) is 33.6. The summed E-state index contributed by atoms with van der Waals surface area (Å²) in [5, 5.41) is 3.54. The van der Waals surface area contributed by atoms with Gasteiger partial charge in [-0.1, -0.05) is 38.1 Å². The van der Waals surface area contributed by atoms with E-state index in [-0.39, 0.29) is 40.7 Å². The maximum Gasteiger partial charge on any atom is 0.266 e. The molecule has 51 heavy (non-hydrogen) atoms. The number of aromatic nitrogens is 4. The molecule has 5 aromatic rings. The quantitative estimate of drug-likeness (QED) is 0.192. The van der Waals surface area contributed by atoms with E-state index >= 15 is 0 Å². The number of fused-ring (bicyclic) bond motifs is 1. The van der Waals surface area contributed by atoms with Crippen molar-refractivity contribution in [3.05, 3.63) is 94.5 Å². The highest BCUT2D eigenvalue weighted by molar-refractivity contribution is 6.07. The van der Waals surface area contributed by atoms with Crippen LogP contribution in [0, 0.1) is 11.7 Å². The summed E-state index contributed by atoms with van der Waals surface area (Å²) in [6.07, 6.45) is 8.89. The summed E-state index contributed by atoms with van der Waals surface area (Å²) in [6, 6.07) is 12.3. The van der Waals surface area contributed by atoms with Gasteiger partial charge in [0.15, 0.2) is 0 Å². The van der Waals surface area contributed by atoms with Gasteiger partial charge < -0.3 is 30.8 Å². The molecule has 3 amide bonds. The number of amides is 3. The SMILES string of the molecule is CC(C)C(=O)N1CCC(n2cc(-c3ccc(NC(=O)c4cn(C5CCC5)c(C(N)=O)c(-c5ccc(F)cc5)c4=O)cc3)c3c(N)ncnc32)CC1. The molecule has 0 atom stereocenters. The van der Waals surface area contributed by atoms with Crippen LogP contribution in [0.1, 0.15) is 78.9 Å². The molecular formula is C38H39FN8O4. The molecule has 7 rings (SSSR count). The van der Waals surface area contributed by atoms with Crippen LogP contribution in [0.25, 0.3) is 33.3 Å². The van der Waals surface area contributed by atoms with Crippen molar-refractivity contribution in [3.8, 4) is 22.3 Å². The molecular weight excluding hydrogens is 651 g/mol. The lowest BCUT2D eigenvalue weighted by atomic mass is 9.90. The number of likely N-dealkylation sites (tertiary alicyclic amines) is 1. The van der Waals surface area contributed by atoms with Gasteiger partial charge >= 0.3 is 0 Å². The molecule has 4 heterocycles. The van der Waals surface area contributed by atoms with Crippen LogP contribution in [0.4, 0.5) is 15.9 Å². The Morgan fingerprint density at radius 3 is 2.14 bits per heavy atom. The fraction of sp³-hybridized carbons (Fsp3) is 0.316. The van der Waals surface area contributed by atoms with Gasteiger partial charge in [-0.2, -0.15) is 0 Å². The Morgan fingerprint density at radius 2 is 1.53 bits per heavy atom. The van der Waals surface area contributed by atoms with Crippen LogP contribution in [-0.4, -0.2) is 54.8 Å². The molecule has 1 saturated heterocycles. The Morgan fingerprint density at radius 1 is 0.882 bits per heavy atom. The van der Waals surface area contributed by atoms with E-state index in [1.54, 1.807) is 16.7 Å². The topological polar surface area (TPSA) is 171 Å². The van der Waals surface area contributed by atoms with Gasteiger partial charge in [0.05, 0.1) is 10.9 Å². The van der Waals surface area contributed by atoms with E-state index in [0.29, 0.717) is 35.8 Å². The van der Waals surface area contributed by atoms with Crippen molar-refractivity contribution in [3.63, 3.8) is 0 Å². The summed E-state index contributed by atoms with van der Waals surface area (Å²) < 4.78 is 17.5. The number of carbonyl (C=O) groups excluding carboxylic acids is 3. The first-order valence-electron chi connectivity index (χ1n) is 17.2. The largest absolute Gasteiger partial charge is 0.383 e. The van der Waals surface area contributed by atoms with Crippen LogP contribution in [0.15, 0.2) is 72.0 Å². The Balaban J connectivity index is 1.19. The number of piperidine rings is 1. The summed E-state index contributed by atoms with van der Waals surface area (Å²) in [6.45, 7) is 5.15. The molecule has 0 radical (unpaired) electrons. The lowest BCUT2D eigenvalue weighted by molar-refractivity contribution is -0.135. The van der Waals surface area contributed by atoms with Gasteiger partial charge in [0.25, 0.3) is 11.8 Å². The normalized spacial score (nSPS) is 15.3. The first-order chi connectivity index (χ1) is 24.5. The zero-order valence-corrected chi connectivity index (χ0v) is 28.4. The Labute approximate surface area is 293 Å². The molecule has 0 bridgehead atoms. The van der Waals surface area contributed by atoms with Crippen molar-refractivity contribution in [1.82, 2.24) is 24.0 Å². The second-order valence-corrected chi connectivity index (χ2v) is 13.6. The third kappa shape index (κ3) is 6.24. The predicted octanol–water partition coefficient (Wildman–Crippen LogP) is 5.54. The fourth-order valence-electron chi connectivity index (χ4n) is 7.15. The number of primary amides is 1. The predicted molar refractivity (Wildman–Crippen MR) is 193 cm³/mol. The van der Waals surface area contributed by atoms with Crippen LogP contribution < -0.4 is 22.2 Å². The second kappa shape index (κ2) is 13.5. The molecule has 5 N–H and O–H groups in total. The smallest absolute Gasteiger partial charge is 0.266 e. The van der Waals surface area contributed by atoms with Gasteiger partial charge in [-0.05, 0) is 67.5 Å². The van der Waals surface area contributed by atoms with Crippen molar-refractivity contribution in [2.45, 2.75) is 58.0 Å². The number of nitrogens with zero attached hydrogens (tertiary/aromatic N) is 5. The van der Waals surface area contributed by atoms with Gasteiger partial charge in [-0.15, -0.1) is 0 Å². The van der Waals surface area contributed by atoms with E-state index in [1.165, 1.54) is 36.8 Å². The van der Waals surface area contributed by atoms with Crippen molar-refractivity contribution in [1.29, 1.82) is 0 Å². The van der Waals surface area contributed by atoms with E-state index in [9.17, 15) is 23.6 Å². The highest BCUT2D eigenvalue weighted by atomic mass is 19.1. The number of hydrogen-bond acceptors (Lipinski definition) is 7. The molecule has 1 aliphatic carbocycles. The minimum absolute atomic E-state index is 0.00535. The number of halogens is 1. The maximum absolute atomic E-state index is 13.9. The number of benzene rings is 2. The molecule has 12 nitrogen and oxygen atoms in total. The summed E-state index contributed by atoms with van der Waals surface area (Å²) in [4.78, 5) is 63.6. The molecule has 2 fully saturated rings. The second-order valence-electron chi connectivity index (χ2n) is 13.6. The highest BCUT2D eigenvalue weighted by Gasteiger charge is 2.30. The average Bonchev–Trinajstić information content (AvgIpc) is 3.49. The standard InChI is InChI=1S/C38H39FN8O4/c1-21(2)38(51)45-16-14-27(15-17-45)47-18-28(31-34(40)42-20-43-36(31)47)22-8-12-25(13-9-22)44-37(50)29-19-46(26-4-3-5-26)32(35(41)49)30(33(29)48)23-6-10-24(39)11-7-23/h6-13,18-21,26-27H,3-5,14-17H2,1-2H3,(H2,41,49)(H,44,50)(H2,40,42,43). The lowest BCUT2D eigenvalue weighted by Crippen LogP contribution is -2.41. The number of pyridine rings is 1. The zero-order chi connectivity index (χ0) is 36.0. The summed E-state index contributed by atoms with van der Waals surface area (Å²) in [5.41, 5.74) is 14.4. The van der Waals surface area contributed by atoms with Gasteiger partial charge in [0, 0.05) is 54.7 Å². The van der Waals surface area contributed by atoms with Crippen LogP contribution in [0.2, 0.25) is 0 Å². The van der Waals surface area contributed by atoms with Crippen LogP contribution in [0.5, 0.6) is 0 Å². The molecule has 0 spiro atoms. The summed E-state index contributed by atoms with van der Waals surface area (Å²) >= 11 is 0. The number of rotatable bonds is 8. The zero-order valence-electron chi connectivity index (χ0n) is 28.4. The highest BCUT2D eigenvalue weighted by Crippen LogP contribution is 2.38. The van der Waals surface area contributed by atoms with E-state index < -0.39 is 23.1 Å². The van der Waals surface area contributed by atoms with Gasteiger partial charge in [0.1, 0.15) is 34.9 Å². The van der Waals surface area contributed by atoms with Crippen LogP contribution in [-0.2, 0) is 4.79 Å². The minimum Gasteiger partial charge on any atom is -0.383 e. The molecule has 3 aromatic heterocycles. The maximum atomic E-state index is 13.9. The Hall–Kier alpha value is -5.85. The molecule has 0 unspecified atom stereocenters. The van der Waals surface area contributed by atoms with Crippen molar-refractivity contribution < 1.29 is 18.8 Å². The van der Waals surface area contributed by atoms with Gasteiger partial charge in [-0.25, -0.2) is 14.4 Å². The Bertz CT molecular complexity index is 2210. The number of nitrogens with two attached hydrogens (primary N) is 2. The number of hydrogen-bond donors (Lipinski definition) is 3. The number of nitrogens with one attached hydrogen (secondary N) is 1. The van der Waals surface area contributed by atoms with Crippen molar-refractivity contribution in [2.75, 3.05) is 24.1 Å². The number of nitrogen functional groups attached to an aromatic ring is 1. The third-order valence-electron chi connectivity index (χ3n) is 10.1. The van der Waals surface area contributed by atoms with Gasteiger partial charge in [-0.3, -0.25) is 19.2 Å².